The number of thiophene rings is 1. The summed E-state index contributed by atoms with van der Waals surface area (Å²) in [4.78, 5) is 12.9. The molecule has 1 heterocycles. The summed E-state index contributed by atoms with van der Waals surface area (Å²) in [6, 6.07) is 21.1. The summed E-state index contributed by atoms with van der Waals surface area (Å²) in [6.45, 7) is 0.0626. The molecule has 0 aliphatic heterocycles. The number of ether oxygens (including phenoxy) is 1. The van der Waals surface area contributed by atoms with Crippen molar-refractivity contribution in [2.24, 2.45) is 0 Å². The van der Waals surface area contributed by atoms with Crippen LogP contribution in [0.15, 0.2) is 83.1 Å². The molecule has 140 valence electrons. The Morgan fingerprint density at radius 2 is 1.63 bits per heavy atom. The lowest BCUT2D eigenvalue weighted by Gasteiger charge is -2.17. The van der Waals surface area contributed by atoms with Crippen LogP contribution in [-0.2, 0) is 21.2 Å². The highest BCUT2D eigenvalue weighted by molar-refractivity contribution is 7.91. The zero-order valence-corrected chi connectivity index (χ0v) is 16.1. The zero-order valence-electron chi connectivity index (χ0n) is 14.4. The summed E-state index contributed by atoms with van der Waals surface area (Å²) in [6.07, 6.45) is -0.649. The highest BCUT2D eigenvalue weighted by Gasteiger charge is 2.30. The molecule has 0 radical (unpaired) electrons. The van der Waals surface area contributed by atoms with Gasteiger partial charge in [-0.1, -0.05) is 54.6 Å². The Morgan fingerprint density at radius 3 is 2.26 bits per heavy atom. The van der Waals surface area contributed by atoms with Crippen LogP contribution in [0.25, 0.3) is 0 Å². The standard InChI is InChI=1S/C20H19NO4S2/c22-20(25-15-16-8-3-1-4-9-16)21-14-19(18-12-7-13-26-18)27(23,24)17-10-5-2-6-11-17/h1-13,19H,14-15H2,(H,21,22)/t19-/m1/s1. The van der Waals surface area contributed by atoms with Gasteiger partial charge in [0.1, 0.15) is 11.9 Å². The van der Waals surface area contributed by atoms with E-state index in [1.165, 1.54) is 11.3 Å². The molecule has 0 saturated carbocycles. The molecule has 5 nitrogen and oxygen atoms in total. The molecule has 27 heavy (non-hydrogen) atoms. The Labute approximate surface area is 162 Å². The van der Waals surface area contributed by atoms with Crippen LogP contribution < -0.4 is 5.32 Å². The SMILES string of the molecule is O=C(NC[C@H](c1cccs1)S(=O)(=O)c1ccccc1)OCc1ccccc1. The molecule has 0 saturated heterocycles. The third-order valence-electron chi connectivity index (χ3n) is 3.95. The summed E-state index contributed by atoms with van der Waals surface area (Å²) < 4.78 is 31.2. The lowest BCUT2D eigenvalue weighted by Crippen LogP contribution is -2.32. The Bertz CT molecular complexity index is 956. The predicted octanol–water partition coefficient (Wildman–Crippen LogP) is 4.19. The van der Waals surface area contributed by atoms with E-state index in [1.54, 1.807) is 42.5 Å². The highest BCUT2D eigenvalue weighted by atomic mass is 32.2. The first kappa shape index (κ1) is 19.1. The Hall–Kier alpha value is -2.64. The zero-order chi connectivity index (χ0) is 19.1. The average Bonchev–Trinajstić information content (AvgIpc) is 3.22. The van der Waals surface area contributed by atoms with Crippen molar-refractivity contribution in [3.8, 4) is 0 Å². The van der Waals surface area contributed by atoms with E-state index in [1.807, 2.05) is 35.7 Å². The second kappa shape index (κ2) is 8.83. The quantitative estimate of drug-likeness (QED) is 0.644. The molecular formula is C20H19NO4S2. The molecule has 1 N–H and O–H groups in total. The number of carbonyl (C=O) groups excluding carboxylic acids is 1. The number of rotatable bonds is 7. The largest absolute Gasteiger partial charge is 0.445 e. The van der Waals surface area contributed by atoms with Crippen molar-refractivity contribution < 1.29 is 17.9 Å². The lowest BCUT2D eigenvalue weighted by atomic mass is 10.2. The van der Waals surface area contributed by atoms with Crippen molar-refractivity contribution in [3.05, 3.63) is 88.6 Å². The number of amides is 1. The number of hydrogen-bond donors (Lipinski definition) is 1. The molecule has 3 aromatic rings. The minimum atomic E-state index is -3.65. The maximum absolute atomic E-state index is 13.0. The molecule has 0 aliphatic rings. The maximum Gasteiger partial charge on any atom is 0.407 e. The molecule has 1 atom stereocenters. The van der Waals surface area contributed by atoms with Gasteiger partial charge in [0.2, 0.25) is 0 Å². The minimum absolute atomic E-state index is 0.0641. The maximum atomic E-state index is 13.0. The molecule has 7 heteroatoms. The fraction of sp³-hybridized carbons (Fsp3) is 0.150. The van der Waals surface area contributed by atoms with Crippen molar-refractivity contribution in [1.29, 1.82) is 0 Å². The van der Waals surface area contributed by atoms with Gasteiger partial charge < -0.3 is 10.1 Å². The van der Waals surface area contributed by atoms with Gasteiger partial charge in [-0.3, -0.25) is 0 Å². The van der Waals surface area contributed by atoms with Crippen LogP contribution in [0.5, 0.6) is 0 Å². The molecule has 0 bridgehead atoms. The number of alkyl carbamates (subject to hydrolysis) is 1. The molecule has 2 aromatic carbocycles. The van der Waals surface area contributed by atoms with Gasteiger partial charge in [-0.15, -0.1) is 11.3 Å². The van der Waals surface area contributed by atoms with E-state index in [4.69, 9.17) is 4.74 Å². The van der Waals surface area contributed by atoms with Crippen LogP contribution in [0.3, 0.4) is 0 Å². The first-order valence-electron chi connectivity index (χ1n) is 8.34. The predicted molar refractivity (Wildman–Crippen MR) is 105 cm³/mol. The van der Waals surface area contributed by atoms with E-state index in [0.717, 1.165) is 5.56 Å². The van der Waals surface area contributed by atoms with Gasteiger partial charge in [0.25, 0.3) is 0 Å². The van der Waals surface area contributed by atoms with Gasteiger partial charge in [-0.05, 0) is 29.1 Å². The first-order chi connectivity index (χ1) is 13.1. The topological polar surface area (TPSA) is 72.5 Å². The number of sulfone groups is 1. The van der Waals surface area contributed by atoms with Crippen LogP contribution in [-0.4, -0.2) is 21.1 Å². The van der Waals surface area contributed by atoms with E-state index in [0.29, 0.717) is 4.88 Å². The highest BCUT2D eigenvalue weighted by Crippen LogP contribution is 2.31. The average molecular weight is 402 g/mol. The number of benzene rings is 2. The van der Waals surface area contributed by atoms with Crippen LogP contribution in [0.4, 0.5) is 4.79 Å². The van der Waals surface area contributed by atoms with Gasteiger partial charge in [-0.2, -0.15) is 0 Å². The monoisotopic (exact) mass is 401 g/mol. The smallest absolute Gasteiger partial charge is 0.407 e. The minimum Gasteiger partial charge on any atom is -0.445 e. The van der Waals surface area contributed by atoms with Gasteiger partial charge in [0, 0.05) is 11.4 Å². The van der Waals surface area contributed by atoms with Crippen molar-refractivity contribution in [2.75, 3.05) is 6.54 Å². The summed E-state index contributed by atoms with van der Waals surface area (Å²) in [7, 11) is -3.65. The van der Waals surface area contributed by atoms with Gasteiger partial charge in [0.15, 0.2) is 9.84 Å². The van der Waals surface area contributed by atoms with Crippen molar-refractivity contribution in [2.45, 2.75) is 16.8 Å². The van der Waals surface area contributed by atoms with E-state index in [9.17, 15) is 13.2 Å². The second-order valence-corrected chi connectivity index (χ2v) is 8.91. The number of nitrogens with one attached hydrogen (secondary N) is 1. The molecule has 0 unspecified atom stereocenters. The fourth-order valence-electron chi connectivity index (χ4n) is 2.56. The third-order valence-corrected chi connectivity index (χ3v) is 7.19. The normalized spacial score (nSPS) is 12.3. The van der Waals surface area contributed by atoms with Gasteiger partial charge in [0.05, 0.1) is 4.90 Å². The van der Waals surface area contributed by atoms with Crippen LogP contribution in [0.1, 0.15) is 15.7 Å². The van der Waals surface area contributed by atoms with Crippen LogP contribution in [0.2, 0.25) is 0 Å². The van der Waals surface area contributed by atoms with E-state index in [2.05, 4.69) is 5.32 Å². The van der Waals surface area contributed by atoms with E-state index in [-0.39, 0.29) is 18.0 Å². The second-order valence-electron chi connectivity index (χ2n) is 5.80. The molecule has 0 aliphatic carbocycles. The molecule has 0 spiro atoms. The first-order valence-corrected chi connectivity index (χ1v) is 10.8. The molecule has 0 fully saturated rings. The number of carbonyl (C=O) groups is 1. The van der Waals surface area contributed by atoms with Crippen LogP contribution in [0, 0.1) is 0 Å². The molecule has 3 rings (SSSR count). The fourth-order valence-corrected chi connectivity index (χ4v) is 5.37. The Kier molecular flexibility index (Phi) is 6.26. The molecule has 1 amide bonds. The summed E-state index contributed by atoms with van der Waals surface area (Å²) in [5.41, 5.74) is 0.861. The van der Waals surface area contributed by atoms with Crippen molar-refractivity contribution in [3.63, 3.8) is 0 Å². The van der Waals surface area contributed by atoms with Gasteiger partial charge in [-0.25, -0.2) is 13.2 Å². The third kappa shape index (κ3) is 4.96. The van der Waals surface area contributed by atoms with E-state index < -0.39 is 21.2 Å². The number of hydrogen-bond acceptors (Lipinski definition) is 5. The van der Waals surface area contributed by atoms with Crippen molar-refractivity contribution >= 4 is 27.3 Å². The summed E-state index contributed by atoms with van der Waals surface area (Å²) >= 11 is 1.34. The summed E-state index contributed by atoms with van der Waals surface area (Å²) in [5, 5.41) is 3.53. The Morgan fingerprint density at radius 1 is 0.963 bits per heavy atom. The molecule has 1 aromatic heterocycles. The Balaban J connectivity index is 1.69. The summed E-state index contributed by atoms with van der Waals surface area (Å²) in [5.74, 6) is 0. The van der Waals surface area contributed by atoms with Crippen molar-refractivity contribution in [1.82, 2.24) is 5.32 Å². The van der Waals surface area contributed by atoms with E-state index >= 15 is 0 Å². The molecular weight excluding hydrogens is 382 g/mol. The van der Waals surface area contributed by atoms with Gasteiger partial charge >= 0.3 is 6.09 Å². The van der Waals surface area contributed by atoms with Crippen LogP contribution >= 0.6 is 11.3 Å². The lowest BCUT2D eigenvalue weighted by molar-refractivity contribution is 0.139.